The molecule has 0 aliphatic carbocycles. The van der Waals surface area contributed by atoms with Gasteiger partial charge in [0.15, 0.2) is 0 Å². The highest BCUT2D eigenvalue weighted by molar-refractivity contribution is 7.92. The summed E-state index contributed by atoms with van der Waals surface area (Å²) in [5, 5.41) is 9.31. The Morgan fingerprint density at radius 1 is 1.00 bits per heavy atom. The van der Waals surface area contributed by atoms with Crippen molar-refractivity contribution in [2.24, 2.45) is 0 Å². The number of nitrogens with zero attached hydrogens (tertiary/aromatic N) is 1. The molecule has 0 aliphatic heterocycles. The monoisotopic (exact) mass is 441 g/mol. The Bertz CT molecular complexity index is 1140. The van der Waals surface area contributed by atoms with Gasteiger partial charge in [-0.25, -0.2) is 8.42 Å². The smallest absolute Gasteiger partial charge is 0.324 e. The summed E-state index contributed by atoms with van der Waals surface area (Å²) in [6, 6.07) is 20.3. The molecular weight excluding hydrogens is 418 g/mol. The Hall–Kier alpha value is -3.52. The number of carbonyl (C=O) groups is 1. The lowest BCUT2D eigenvalue weighted by molar-refractivity contribution is -0.135. The van der Waals surface area contributed by atoms with Gasteiger partial charge in [0.25, 0.3) is 10.0 Å². The number of benzene rings is 3. The average Bonchev–Trinajstić information content (AvgIpc) is 2.77. The number of hydrogen-bond donors (Lipinski definition) is 1. The van der Waals surface area contributed by atoms with E-state index in [1.54, 1.807) is 25.1 Å². The first-order valence-electron chi connectivity index (χ1n) is 9.47. The number of sulfonamides is 1. The molecule has 0 saturated heterocycles. The second-order valence-electron chi connectivity index (χ2n) is 6.81. The number of methoxy groups -OCH3 is 1. The van der Waals surface area contributed by atoms with Crippen LogP contribution in [-0.2, 0) is 21.4 Å². The van der Waals surface area contributed by atoms with Gasteiger partial charge in [-0.05, 0) is 60.5 Å². The van der Waals surface area contributed by atoms with E-state index in [4.69, 9.17) is 9.47 Å². The first-order chi connectivity index (χ1) is 14.8. The second-order valence-corrected chi connectivity index (χ2v) is 8.67. The summed E-state index contributed by atoms with van der Waals surface area (Å²) in [5.74, 6) is -0.178. The molecule has 7 nitrogen and oxygen atoms in total. The maximum absolute atomic E-state index is 13.2. The molecule has 162 valence electrons. The molecule has 0 bridgehead atoms. The van der Waals surface area contributed by atoms with Crippen molar-refractivity contribution in [3.8, 4) is 11.5 Å². The lowest BCUT2D eigenvalue weighted by Gasteiger charge is -2.23. The minimum absolute atomic E-state index is 0.0172. The first kappa shape index (κ1) is 22.2. The fourth-order valence-corrected chi connectivity index (χ4v) is 4.53. The van der Waals surface area contributed by atoms with E-state index in [9.17, 15) is 18.3 Å². The number of aliphatic carboxylic acids is 1. The third-order valence-corrected chi connectivity index (χ3v) is 6.38. The number of carboxylic acids is 1. The number of aryl methyl sites for hydroxylation is 1. The van der Waals surface area contributed by atoms with Crippen molar-refractivity contribution in [3.05, 3.63) is 83.9 Å². The van der Waals surface area contributed by atoms with Crippen LogP contribution in [-0.4, -0.2) is 33.1 Å². The summed E-state index contributed by atoms with van der Waals surface area (Å²) in [6.07, 6.45) is 0. The Kier molecular flexibility index (Phi) is 6.81. The summed E-state index contributed by atoms with van der Waals surface area (Å²) < 4.78 is 38.2. The van der Waals surface area contributed by atoms with Gasteiger partial charge in [-0.3, -0.25) is 9.10 Å². The molecule has 0 saturated carbocycles. The van der Waals surface area contributed by atoms with Gasteiger partial charge in [0.1, 0.15) is 24.7 Å². The van der Waals surface area contributed by atoms with Crippen LogP contribution in [0.2, 0.25) is 0 Å². The molecule has 0 aliphatic rings. The van der Waals surface area contributed by atoms with Gasteiger partial charge in [-0.15, -0.1) is 0 Å². The number of hydrogen-bond acceptors (Lipinski definition) is 5. The minimum atomic E-state index is -4.11. The first-order valence-corrected chi connectivity index (χ1v) is 10.9. The largest absolute Gasteiger partial charge is 0.496 e. The molecule has 3 aromatic rings. The van der Waals surface area contributed by atoms with Crippen LogP contribution >= 0.6 is 0 Å². The number of ether oxygens (including phenoxy) is 2. The van der Waals surface area contributed by atoms with Gasteiger partial charge in [0.05, 0.1) is 17.7 Å². The Morgan fingerprint density at radius 3 is 2.26 bits per heavy atom. The molecule has 1 N–H and O–H groups in total. The topological polar surface area (TPSA) is 93.1 Å². The van der Waals surface area contributed by atoms with Gasteiger partial charge in [-0.2, -0.15) is 0 Å². The number of rotatable bonds is 9. The molecule has 0 atom stereocenters. The zero-order valence-corrected chi connectivity index (χ0v) is 18.0. The quantitative estimate of drug-likeness (QED) is 0.542. The van der Waals surface area contributed by atoms with Crippen LogP contribution in [0.4, 0.5) is 5.69 Å². The van der Waals surface area contributed by atoms with E-state index in [0.29, 0.717) is 23.7 Å². The van der Waals surface area contributed by atoms with E-state index in [0.717, 1.165) is 9.87 Å². The Balaban J connectivity index is 1.86. The molecule has 8 heteroatoms. The van der Waals surface area contributed by atoms with Crippen molar-refractivity contribution in [1.82, 2.24) is 0 Å². The highest BCUT2D eigenvalue weighted by Gasteiger charge is 2.27. The van der Waals surface area contributed by atoms with Crippen molar-refractivity contribution in [2.75, 3.05) is 18.0 Å². The van der Waals surface area contributed by atoms with E-state index in [2.05, 4.69) is 0 Å². The SMILES string of the molecule is COc1ccc(S(=O)(=O)N(CC(=O)O)c2ccc(OCc3ccccc3)cc2)cc1C. The van der Waals surface area contributed by atoms with Gasteiger partial charge in [-0.1, -0.05) is 30.3 Å². The van der Waals surface area contributed by atoms with Crippen LogP contribution in [0.25, 0.3) is 0 Å². The van der Waals surface area contributed by atoms with E-state index in [-0.39, 0.29) is 10.6 Å². The van der Waals surface area contributed by atoms with Crippen LogP contribution in [0, 0.1) is 6.92 Å². The molecular formula is C23H23NO6S. The molecule has 3 rings (SSSR count). The summed E-state index contributed by atoms with van der Waals surface area (Å²) in [5.41, 5.74) is 1.85. The lowest BCUT2D eigenvalue weighted by Crippen LogP contribution is -2.35. The third kappa shape index (κ3) is 5.35. The normalized spacial score (nSPS) is 11.0. The van der Waals surface area contributed by atoms with Crippen molar-refractivity contribution >= 4 is 21.7 Å². The molecule has 0 unspecified atom stereocenters. The summed E-state index contributed by atoms with van der Waals surface area (Å²) in [6.45, 7) is 1.37. The maximum atomic E-state index is 13.2. The third-order valence-electron chi connectivity index (χ3n) is 4.61. The second kappa shape index (κ2) is 9.53. The van der Waals surface area contributed by atoms with Crippen molar-refractivity contribution in [3.63, 3.8) is 0 Å². The van der Waals surface area contributed by atoms with Crippen LogP contribution < -0.4 is 13.8 Å². The zero-order chi connectivity index (χ0) is 22.4. The lowest BCUT2D eigenvalue weighted by atomic mass is 10.2. The molecule has 31 heavy (non-hydrogen) atoms. The number of carboxylic acid groups (broad SMARTS) is 1. The molecule has 0 radical (unpaired) electrons. The van der Waals surface area contributed by atoms with Crippen molar-refractivity contribution in [1.29, 1.82) is 0 Å². The van der Waals surface area contributed by atoms with E-state index in [1.165, 1.54) is 31.4 Å². The fraction of sp³-hybridized carbons (Fsp3) is 0.174. The van der Waals surface area contributed by atoms with E-state index < -0.39 is 22.5 Å². The molecule has 0 spiro atoms. The molecule has 0 heterocycles. The van der Waals surface area contributed by atoms with Gasteiger partial charge < -0.3 is 14.6 Å². The van der Waals surface area contributed by atoms with E-state index in [1.807, 2.05) is 30.3 Å². The van der Waals surface area contributed by atoms with Crippen LogP contribution in [0.5, 0.6) is 11.5 Å². The predicted octanol–water partition coefficient (Wildman–Crippen LogP) is 3.86. The molecule has 0 fully saturated rings. The van der Waals surface area contributed by atoms with Crippen molar-refractivity contribution < 1.29 is 27.8 Å². The van der Waals surface area contributed by atoms with Crippen LogP contribution in [0.1, 0.15) is 11.1 Å². The van der Waals surface area contributed by atoms with Crippen LogP contribution in [0.3, 0.4) is 0 Å². The highest BCUT2D eigenvalue weighted by Crippen LogP contribution is 2.28. The zero-order valence-electron chi connectivity index (χ0n) is 17.2. The van der Waals surface area contributed by atoms with Crippen molar-refractivity contribution in [2.45, 2.75) is 18.4 Å². The average molecular weight is 442 g/mol. The Morgan fingerprint density at radius 2 is 1.68 bits per heavy atom. The fourth-order valence-electron chi connectivity index (χ4n) is 3.03. The summed E-state index contributed by atoms with van der Waals surface area (Å²) in [4.78, 5) is 11.4. The summed E-state index contributed by atoms with van der Waals surface area (Å²) in [7, 11) is -2.61. The molecule has 3 aromatic carbocycles. The highest BCUT2D eigenvalue weighted by atomic mass is 32.2. The standard InChI is InChI=1S/C23H23NO6S/c1-17-14-21(12-13-22(17)29-2)31(27,28)24(15-23(25)26)19-8-10-20(11-9-19)30-16-18-6-4-3-5-7-18/h3-14H,15-16H2,1-2H3,(H,25,26). The predicted molar refractivity (Wildman–Crippen MR) is 117 cm³/mol. The minimum Gasteiger partial charge on any atom is -0.496 e. The van der Waals surface area contributed by atoms with Gasteiger partial charge in [0, 0.05) is 0 Å². The Labute approximate surface area is 181 Å². The van der Waals surface area contributed by atoms with Gasteiger partial charge >= 0.3 is 5.97 Å². The molecule has 0 aromatic heterocycles. The summed E-state index contributed by atoms with van der Waals surface area (Å²) >= 11 is 0. The van der Waals surface area contributed by atoms with Crippen LogP contribution in [0.15, 0.2) is 77.7 Å². The van der Waals surface area contributed by atoms with Gasteiger partial charge in [0.2, 0.25) is 0 Å². The molecule has 0 amide bonds. The number of anilines is 1. The van der Waals surface area contributed by atoms with E-state index >= 15 is 0 Å². The maximum Gasteiger partial charge on any atom is 0.324 e.